The maximum atomic E-state index is 13.6. The molecule has 3 fully saturated rings. The summed E-state index contributed by atoms with van der Waals surface area (Å²) < 4.78 is 18.6. The van der Waals surface area contributed by atoms with Gasteiger partial charge in [-0.25, -0.2) is 0 Å². The van der Waals surface area contributed by atoms with E-state index < -0.39 is 75.9 Å². The molecule has 3 saturated heterocycles. The van der Waals surface area contributed by atoms with E-state index in [4.69, 9.17) is 14.2 Å². The number of alkyl halides is 1. The molecule has 66 heavy (non-hydrogen) atoms. The van der Waals surface area contributed by atoms with Crippen molar-refractivity contribution in [3.05, 3.63) is 36.0 Å². The van der Waals surface area contributed by atoms with Gasteiger partial charge in [-0.1, -0.05) is 78.3 Å². The number of hydrogen-bond acceptors (Lipinski definition) is 16. The number of unbranched alkanes of at least 4 members (excludes halogenated alkanes) is 1. The van der Waals surface area contributed by atoms with Crippen LogP contribution in [-0.4, -0.2) is 165 Å². The number of ether oxygens (including phenoxy) is 3. The molecule has 1 aromatic carbocycles. The minimum absolute atomic E-state index is 0.0678. The fourth-order valence-electron chi connectivity index (χ4n) is 9.69. The third kappa shape index (κ3) is 14.7. The third-order valence-electron chi connectivity index (χ3n) is 13.8. The van der Waals surface area contributed by atoms with Gasteiger partial charge in [0.15, 0.2) is 9.90 Å². The smallest absolute Gasteiger partial charge is 0.311 e. The van der Waals surface area contributed by atoms with Gasteiger partial charge < -0.3 is 50.0 Å². The van der Waals surface area contributed by atoms with E-state index in [1.54, 1.807) is 55.0 Å². The monoisotopic (exact) mass is 1080 g/mol. The standard InChI is InChI=1S/C47H77IN6O10S2/c1-10-38-47(48,61)42(58)32(6)52(8)25-28(2)24-46(7,60)43(30(4)40(56)31(5)44(59)63-38)64-45-41(57)37(23-29(3)62-45)53(9)26-33-15-17-34(18-16-33)36-27-54(51-50-36)21-20-49-39(55)14-12-11-13-35-19-22-65-66-35/h15-18,27-32,35,37-38,40-43,45,56-58,60-61H,10-14,19-26H2,1-9H3,(H,49,55)/t28-,29-,30+,31-,32-,35-,37+,38-,40+,41-,42-,43-,45+,46?,47-/m0/s1. The summed E-state index contributed by atoms with van der Waals surface area (Å²) in [5, 5.41) is 71.3. The van der Waals surface area contributed by atoms with Gasteiger partial charge >= 0.3 is 5.97 Å². The Morgan fingerprint density at radius 1 is 1.09 bits per heavy atom. The molecule has 0 aliphatic carbocycles. The molecule has 16 nitrogen and oxygen atoms in total. The normalized spacial score (nSPS) is 36.7. The summed E-state index contributed by atoms with van der Waals surface area (Å²) in [5.41, 5.74) is 1.05. The van der Waals surface area contributed by atoms with E-state index in [2.05, 4.69) is 20.5 Å². The first-order chi connectivity index (χ1) is 31.1. The van der Waals surface area contributed by atoms with Gasteiger partial charge in [0, 0.05) is 60.6 Å². The molecule has 19 heteroatoms. The molecule has 1 unspecified atom stereocenters. The zero-order valence-corrected chi connectivity index (χ0v) is 44.1. The van der Waals surface area contributed by atoms with Gasteiger partial charge in [0.2, 0.25) is 5.91 Å². The second-order valence-electron chi connectivity index (χ2n) is 19.6. The molecule has 2 aromatic rings. The molecule has 1 aromatic heterocycles. The molecule has 0 radical (unpaired) electrons. The predicted molar refractivity (Wildman–Crippen MR) is 266 cm³/mol. The Morgan fingerprint density at radius 2 is 1.80 bits per heavy atom. The Labute approximate surface area is 413 Å². The van der Waals surface area contributed by atoms with Gasteiger partial charge in [0.05, 0.1) is 42.6 Å². The first-order valence-corrected chi connectivity index (χ1v) is 27.2. The first-order valence-electron chi connectivity index (χ1n) is 23.8. The average Bonchev–Trinajstić information content (AvgIpc) is 3.98. The second kappa shape index (κ2) is 25.0. The van der Waals surface area contributed by atoms with Gasteiger partial charge in [0.25, 0.3) is 0 Å². The molecule has 6 N–H and O–H groups in total. The number of nitrogens with zero attached hydrogens (tertiary/aromatic N) is 5. The number of halogens is 1. The van der Waals surface area contributed by atoms with Crippen LogP contribution in [0.15, 0.2) is 30.5 Å². The number of likely N-dealkylation sites (N-methyl/N-ethyl adjacent to an activating group) is 2. The Hall–Kier alpha value is -1.63. The first kappa shape index (κ1) is 55.3. The van der Waals surface area contributed by atoms with Gasteiger partial charge in [-0.15, -0.1) is 5.10 Å². The van der Waals surface area contributed by atoms with E-state index in [0.29, 0.717) is 39.0 Å². The number of rotatable bonds is 15. The van der Waals surface area contributed by atoms with E-state index in [1.807, 2.05) is 84.9 Å². The highest BCUT2D eigenvalue weighted by atomic mass is 127. The maximum Gasteiger partial charge on any atom is 0.311 e. The number of amides is 1. The number of cyclic esters (lactones) is 1. The Bertz CT molecular complexity index is 1820. The van der Waals surface area contributed by atoms with E-state index in [0.717, 1.165) is 34.9 Å². The highest BCUT2D eigenvalue weighted by Gasteiger charge is 2.50. The summed E-state index contributed by atoms with van der Waals surface area (Å²) in [6, 6.07) is 7.08. The number of aliphatic hydroxyl groups is 5. The third-order valence-corrected chi connectivity index (χ3v) is 18.1. The number of aromatic nitrogens is 3. The minimum atomic E-state index is -1.82. The fourth-order valence-corrected chi connectivity index (χ4v) is 13.8. The van der Waals surface area contributed by atoms with Crippen molar-refractivity contribution in [1.29, 1.82) is 0 Å². The van der Waals surface area contributed by atoms with Crippen molar-refractivity contribution in [2.24, 2.45) is 17.8 Å². The number of esters is 1. The van der Waals surface area contributed by atoms with Crippen molar-refractivity contribution in [3.8, 4) is 11.3 Å². The molecule has 0 saturated carbocycles. The van der Waals surface area contributed by atoms with E-state index in [1.165, 1.54) is 25.5 Å². The highest BCUT2D eigenvalue weighted by Crippen LogP contribution is 2.40. The topological polar surface area (TPSA) is 212 Å². The van der Waals surface area contributed by atoms with Gasteiger partial charge in [-0.05, 0) is 114 Å². The average molecular weight is 1080 g/mol. The zero-order valence-electron chi connectivity index (χ0n) is 40.3. The molecule has 0 spiro atoms. The van der Waals surface area contributed by atoms with Crippen LogP contribution in [0.4, 0.5) is 0 Å². The van der Waals surface area contributed by atoms with E-state index in [-0.39, 0.29) is 30.8 Å². The number of benzene rings is 1. The van der Waals surface area contributed by atoms with Crippen molar-refractivity contribution < 1.29 is 49.3 Å². The van der Waals surface area contributed by atoms with Crippen molar-refractivity contribution in [2.75, 3.05) is 32.9 Å². The lowest BCUT2D eigenvalue weighted by atomic mass is 9.78. The zero-order chi connectivity index (χ0) is 48.5. The van der Waals surface area contributed by atoms with Crippen LogP contribution < -0.4 is 5.32 Å². The van der Waals surface area contributed by atoms with Crippen LogP contribution in [0.3, 0.4) is 0 Å². The molecule has 0 bridgehead atoms. The number of hydrogen-bond donors (Lipinski definition) is 6. The van der Waals surface area contributed by atoms with Crippen LogP contribution in [0.25, 0.3) is 11.3 Å². The minimum Gasteiger partial charge on any atom is -0.458 e. The van der Waals surface area contributed by atoms with Crippen LogP contribution in [0.1, 0.15) is 105 Å². The number of carbonyl (C=O) groups excluding carboxylic acids is 2. The summed E-state index contributed by atoms with van der Waals surface area (Å²) in [6.45, 7) is 14.2. The van der Waals surface area contributed by atoms with E-state index in [9.17, 15) is 35.1 Å². The van der Waals surface area contributed by atoms with Crippen molar-refractivity contribution in [2.45, 2.75) is 182 Å². The second-order valence-corrected chi connectivity index (χ2v) is 24.1. The predicted octanol–water partition coefficient (Wildman–Crippen LogP) is 5.01. The van der Waals surface area contributed by atoms with Crippen molar-refractivity contribution in [1.82, 2.24) is 30.1 Å². The Balaban J connectivity index is 1.21. The summed E-state index contributed by atoms with van der Waals surface area (Å²) in [4.78, 5) is 29.9. The molecule has 15 atom stereocenters. The maximum absolute atomic E-state index is 13.6. The van der Waals surface area contributed by atoms with Crippen LogP contribution >= 0.6 is 44.2 Å². The van der Waals surface area contributed by atoms with Crippen LogP contribution in [0.2, 0.25) is 0 Å². The lowest BCUT2D eigenvalue weighted by Gasteiger charge is -2.47. The van der Waals surface area contributed by atoms with Crippen molar-refractivity contribution >= 4 is 56.1 Å². The Morgan fingerprint density at radius 3 is 2.47 bits per heavy atom. The summed E-state index contributed by atoms with van der Waals surface area (Å²) in [7, 11) is 7.70. The molecule has 374 valence electrons. The van der Waals surface area contributed by atoms with Gasteiger partial charge in [0.1, 0.15) is 24.0 Å². The molecular formula is C47H77IN6O10S2. The fraction of sp³-hybridized carbons (Fsp3) is 0.787. The number of aliphatic hydroxyl groups excluding tert-OH is 3. The van der Waals surface area contributed by atoms with E-state index >= 15 is 0 Å². The summed E-state index contributed by atoms with van der Waals surface area (Å²) in [5.74, 6) is -1.57. The quantitative estimate of drug-likeness (QED) is 0.0455. The lowest BCUT2D eigenvalue weighted by Crippen LogP contribution is -2.59. The van der Waals surface area contributed by atoms with Crippen LogP contribution in [-0.2, 0) is 36.9 Å². The van der Waals surface area contributed by atoms with Crippen molar-refractivity contribution in [3.63, 3.8) is 0 Å². The number of nitrogens with one attached hydrogen (secondary N) is 1. The molecular weight excluding hydrogens is 1000 g/mol. The lowest BCUT2D eigenvalue weighted by molar-refractivity contribution is -0.300. The number of carbonyl (C=O) groups is 2. The Kier molecular flexibility index (Phi) is 20.9. The van der Waals surface area contributed by atoms with Crippen LogP contribution in [0, 0.1) is 17.8 Å². The highest BCUT2D eigenvalue weighted by molar-refractivity contribution is 14.1. The largest absolute Gasteiger partial charge is 0.458 e. The SMILES string of the molecule is CC[C@@H]1OC(=O)[C@@H](C)[C@H](O)[C@@H](C)[C@H](O[C@H]2O[C@@H](C)C[C@@H](N(C)Cc3ccc(-c4cn(CCNC(=O)CCCC[C@H]5CCSS5)nn4)cc3)[C@@H]2O)C(C)(O)C[C@H](C)CN(C)[C@@H](C)[C@H](O)[C@]1(O)I. The molecule has 1 amide bonds. The molecule has 4 heterocycles. The molecule has 5 rings (SSSR count). The summed E-state index contributed by atoms with van der Waals surface area (Å²) >= 11 is 1.75. The summed E-state index contributed by atoms with van der Waals surface area (Å²) in [6.07, 6.45) is 0.338. The van der Waals surface area contributed by atoms with Crippen LogP contribution in [0.5, 0.6) is 0 Å². The molecule has 3 aliphatic heterocycles. The van der Waals surface area contributed by atoms with Gasteiger partial charge in [-0.2, -0.15) is 0 Å². The van der Waals surface area contributed by atoms with Gasteiger partial charge in [-0.3, -0.25) is 19.2 Å². The molecule has 3 aliphatic rings.